The first-order valence-electron chi connectivity index (χ1n) is 9.30. The van der Waals surface area contributed by atoms with E-state index in [2.05, 4.69) is 20.8 Å². The van der Waals surface area contributed by atoms with Crippen molar-refractivity contribution in [3.05, 3.63) is 0 Å². The van der Waals surface area contributed by atoms with Crippen LogP contribution in [-0.4, -0.2) is 47.8 Å². The third kappa shape index (κ3) is 2.44. The Morgan fingerprint density at radius 2 is 1.83 bits per heavy atom. The Hall–Kier alpha value is -0.610. The second-order valence-electron chi connectivity index (χ2n) is 9.85. The van der Waals surface area contributed by atoms with Crippen LogP contribution in [-0.2, 0) is 9.53 Å². The molecule has 0 aromatic rings. The summed E-state index contributed by atoms with van der Waals surface area (Å²) >= 11 is 0. The summed E-state index contributed by atoms with van der Waals surface area (Å²) < 4.78 is 5.63. The van der Waals surface area contributed by atoms with Gasteiger partial charge >= 0.3 is 0 Å². The minimum Gasteiger partial charge on any atom is -0.394 e. The second kappa shape index (κ2) is 4.95. The highest BCUT2D eigenvalue weighted by molar-refractivity contribution is 5.84. The maximum atomic E-state index is 13.6. The molecule has 4 saturated carbocycles. The van der Waals surface area contributed by atoms with E-state index in [-0.39, 0.29) is 24.2 Å². The molecule has 5 fully saturated rings. The third-order valence-corrected chi connectivity index (χ3v) is 7.05. The van der Waals surface area contributed by atoms with Crippen molar-refractivity contribution in [2.45, 2.75) is 71.4 Å². The summed E-state index contributed by atoms with van der Waals surface area (Å²) in [5.74, 6) is 1.09. The van der Waals surface area contributed by atoms with Gasteiger partial charge in [-0.1, -0.05) is 13.8 Å². The van der Waals surface area contributed by atoms with E-state index >= 15 is 0 Å². The number of morpholine rings is 1. The maximum Gasteiger partial charge on any atom is 0.229 e. The molecule has 1 saturated heterocycles. The van der Waals surface area contributed by atoms with Crippen LogP contribution in [0.3, 0.4) is 0 Å². The molecule has 4 heteroatoms. The van der Waals surface area contributed by atoms with Crippen molar-refractivity contribution in [1.29, 1.82) is 0 Å². The molecule has 4 nitrogen and oxygen atoms in total. The summed E-state index contributed by atoms with van der Waals surface area (Å²) in [5.41, 5.74) is 0.569. The normalized spacial score (nSPS) is 52.0. The van der Waals surface area contributed by atoms with Crippen LogP contribution < -0.4 is 0 Å². The maximum absolute atomic E-state index is 13.6. The second-order valence-corrected chi connectivity index (χ2v) is 9.85. The number of rotatable bonds is 2. The molecule has 5 aliphatic rings. The van der Waals surface area contributed by atoms with E-state index in [0.717, 1.165) is 25.2 Å². The fraction of sp³-hybridized carbons (Fsp3) is 0.947. The molecule has 1 heterocycles. The topological polar surface area (TPSA) is 49.8 Å². The lowest BCUT2D eigenvalue weighted by Crippen LogP contribution is -2.63. The molecular weight excluding hydrogens is 290 g/mol. The first kappa shape index (κ1) is 15.9. The number of carbonyl (C=O) groups excluding carboxylic acids is 1. The van der Waals surface area contributed by atoms with Gasteiger partial charge in [0.1, 0.15) is 0 Å². The van der Waals surface area contributed by atoms with Gasteiger partial charge in [-0.2, -0.15) is 0 Å². The van der Waals surface area contributed by atoms with Crippen LogP contribution in [0.4, 0.5) is 0 Å². The third-order valence-electron chi connectivity index (χ3n) is 7.05. The van der Waals surface area contributed by atoms with E-state index in [4.69, 9.17) is 4.74 Å². The monoisotopic (exact) mass is 321 g/mol. The number of aliphatic hydroxyl groups excluding tert-OH is 1. The van der Waals surface area contributed by atoms with Gasteiger partial charge in [-0.25, -0.2) is 0 Å². The van der Waals surface area contributed by atoms with Crippen molar-refractivity contribution in [3.8, 4) is 0 Å². The summed E-state index contributed by atoms with van der Waals surface area (Å²) in [6, 6.07) is 0.124. The molecule has 23 heavy (non-hydrogen) atoms. The van der Waals surface area contributed by atoms with Gasteiger partial charge in [-0.05, 0) is 62.2 Å². The smallest absolute Gasteiger partial charge is 0.229 e. The standard InChI is InChI=1S/C19H31NO3/c1-13-9-23-15(8-21)7-20(13)16(22)19-6-14-4-17(2,11-19)10-18(3,5-14)12-19/h13-15,21H,4-12H2,1-3H3/t13-,14?,15+,17-,18+,19?/m0/s1. The van der Waals surface area contributed by atoms with Crippen molar-refractivity contribution in [1.82, 2.24) is 4.90 Å². The van der Waals surface area contributed by atoms with Crippen LogP contribution in [0.5, 0.6) is 0 Å². The highest BCUT2D eigenvalue weighted by atomic mass is 16.5. The molecule has 130 valence electrons. The van der Waals surface area contributed by atoms with Crippen molar-refractivity contribution >= 4 is 5.91 Å². The molecular formula is C19H31NO3. The zero-order valence-corrected chi connectivity index (χ0v) is 14.8. The minimum atomic E-state index is -0.213. The first-order valence-corrected chi connectivity index (χ1v) is 9.30. The fourth-order valence-electron chi connectivity index (χ4n) is 7.20. The molecule has 1 amide bonds. The lowest BCUT2D eigenvalue weighted by molar-refractivity contribution is -0.188. The van der Waals surface area contributed by atoms with Crippen molar-refractivity contribution in [3.63, 3.8) is 0 Å². The van der Waals surface area contributed by atoms with Crippen LogP contribution in [0.1, 0.15) is 59.3 Å². The Morgan fingerprint density at radius 3 is 2.39 bits per heavy atom. The number of amides is 1. The zero-order valence-electron chi connectivity index (χ0n) is 14.8. The molecule has 2 unspecified atom stereocenters. The van der Waals surface area contributed by atoms with Gasteiger partial charge in [0.15, 0.2) is 0 Å². The Bertz CT molecular complexity index is 501. The predicted molar refractivity (Wildman–Crippen MR) is 87.8 cm³/mol. The Labute approximate surface area is 139 Å². The van der Waals surface area contributed by atoms with Gasteiger partial charge in [0, 0.05) is 6.54 Å². The minimum absolute atomic E-state index is 0.00154. The fourth-order valence-corrected chi connectivity index (χ4v) is 7.20. The zero-order chi connectivity index (χ0) is 16.5. The molecule has 0 spiro atoms. The summed E-state index contributed by atoms with van der Waals surface area (Å²) in [6.45, 7) is 8.01. The quantitative estimate of drug-likeness (QED) is 0.850. The van der Waals surface area contributed by atoms with Gasteiger partial charge in [0.25, 0.3) is 0 Å². The Kier molecular flexibility index (Phi) is 3.42. The van der Waals surface area contributed by atoms with Gasteiger partial charge in [-0.15, -0.1) is 0 Å². The molecule has 5 rings (SSSR count). The molecule has 4 bridgehead atoms. The number of ether oxygens (including phenoxy) is 1. The molecule has 0 aromatic heterocycles. The summed E-state index contributed by atoms with van der Waals surface area (Å²) in [7, 11) is 0. The molecule has 0 radical (unpaired) electrons. The Balaban J connectivity index is 1.62. The first-order chi connectivity index (χ1) is 10.8. The SMILES string of the molecule is C[C@H]1CO[C@@H](CO)CN1C(=O)C12CC3C[C@@](C)(C1)C[C@](C)(C3)C2. The van der Waals surface area contributed by atoms with Gasteiger partial charge in [-0.3, -0.25) is 4.79 Å². The van der Waals surface area contributed by atoms with Gasteiger partial charge in [0.05, 0.1) is 30.8 Å². The largest absolute Gasteiger partial charge is 0.394 e. The van der Waals surface area contributed by atoms with E-state index in [1.54, 1.807) is 0 Å². The van der Waals surface area contributed by atoms with E-state index in [1.807, 2.05) is 4.90 Å². The number of nitrogens with zero attached hydrogens (tertiary/aromatic N) is 1. The van der Waals surface area contributed by atoms with Crippen LogP contribution in [0.15, 0.2) is 0 Å². The number of hydrogen-bond donors (Lipinski definition) is 1. The van der Waals surface area contributed by atoms with Crippen molar-refractivity contribution < 1.29 is 14.6 Å². The highest BCUT2D eigenvalue weighted by Gasteiger charge is 2.63. The summed E-state index contributed by atoms with van der Waals surface area (Å²) in [6.07, 6.45) is 6.94. The number of aliphatic hydroxyl groups is 1. The number of carbonyl (C=O) groups is 1. The lowest BCUT2D eigenvalue weighted by Gasteiger charge is -2.65. The van der Waals surface area contributed by atoms with Crippen molar-refractivity contribution in [2.75, 3.05) is 19.8 Å². The molecule has 6 atom stereocenters. The van der Waals surface area contributed by atoms with Crippen LogP contribution in [0.25, 0.3) is 0 Å². The van der Waals surface area contributed by atoms with Gasteiger partial charge < -0.3 is 14.7 Å². The van der Waals surface area contributed by atoms with E-state index < -0.39 is 0 Å². The lowest BCUT2D eigenvalue weighted by atomic mass is 9.40. The molecule has 0 aromatic carbocycles. The van der Waals surface area contributed by atoms with Crippen LogP contribution >= 0.6 is 0 Å². The molecule has 1 aliphatic heterocycles. The Morgan fingerprint density at radius 1 is 1.17 bits per heavy atom. The van der Waals surface area contributed by atoms with E-state index in [0.29, 0.717) is 29.9 Å². The molecule has 4 aliphatic carbocycles. The predicted octanol–water partition coefficient (Wildman–Crippen LogP) is 2.59. The van der Waals surface area contributed by atoms with Gasteiger partial charge in [0.2, 0.25) is 5.91 Å². The summed E-state index contributed by atoms with van der Waals surface area (Å²) in [4.78, 5) is 15.6. The molecule has 1 N–H and O–H groups in total. The van der Waals surface area contributed by atoms with Crippen LogP contribution in [0, 0.1) is 22.2 Å². The average Bonchev–Trinajstić information content (AvgIpc) is 2.43. The van der Waals surface area contributed by atoms with E-state index in [9.17, 15) is 9.90 Å². The number of hydrogen-bond acceptors (Lipinski definition) is 3. The average molecular weight is 321 g/mol. The van der Waals surface area contributed by atoms with Crippen molar-refractivity contribution in [2.24, 2.45) is 22.2 Å². The highest BCUT2D eigenvalue weighted by Crippen LogP contribution is 2.69. The van der Waals surface area contributed by atoms with Crippen LogP contribution in [0.2, 0.25) is 0 Å². The van der Waals surface area contributed by atoms with E-state index in [1.165, 1.54) is 19.3 Å². The summed E-state index contributed by atoms with van der Waals surface area (Å²) in [5, 5.41) is 9.43.